The van der Waals surface area contributed by atoms with Crippen molar-refractivity contribution in [2.24, 2.45) is 0 Å². The van der Waals surface area contributed by atoms with Crippen molar-refractivity contribution in [2.45, 2.75) is 63.0 Å². The van der Waals surface area contributed by atoms with Crippen LogP contribution < -0.4 is 5.32 Å². The molecule has 2 N–H and O–H groups in total. The number of amides is 1. The van der Waals surface area contributed by atoms with Gasteiger partial charge in [0, 0.05) is 25.8 Å². The number of halogens is 1. The summed E-state index contributed by atoms with van der Waals surface area (Å²) in [6.45, 7) is 8.98. The van der Waals surface area contributed by atoms with Gasteiger partial charge in [-0.05, 0) is 50.5 Å². The third-order valence-electron chi connectivity index (χ3n) is 4.93. The Kier molecular flexibility index (Phi) is 12.6. The number of nitrogens with one attached hydrogen (secondary N) is 1. The van der Waals surface area contributed by atoms with Crippen LogP contribution in [0.3, 0.4) is 0 Å². The van der Waals surface area contributed by atoms with E-state index < -0.39 is 35.1 Å². The minimum Gasteiger partial charge on any atom is -0.460 e. The van der Waals surface area contributed by atoms with Crippen LogP contribution in [0.1, 0.15) is 25.7 Å². The van der Waals surface area contributed by atoms with Gasteiger partial charge < -0.3 is 28.4 Å². The van der Waals surface area contributed by atoms with E-state index in [0.29, 0.717) is 26.2 Å². The van der Waals surface area contributed by atoms with E-state index in [9.17, 15) is 19.1 Å². The summed E-state index contributed by atoms with van der Waals surface area (Å²) in [6, 6.07) is 2.67. The zero-order chi connectivity index (χ0) is 22.5. The molecule has 1 fully saturated rings. The number of esters is 1. The molecule has 30 heavy (non-hydrogen) atoms. The van der Waals surface area contributed by atoms with Crippen LogP contribution in [0.15, 0.2) is 12.7 Å². The lowest BCUT2D eigenvalue weighted by Gasteiger charge is -2.40. The number of carbonyl (C=O) groups excluding carboxylic acids is 2. The number of ether oxygens (including phenoxy) is 2. The summed E-state index contributed by atoms with van der Waals surface area (Å²) in [7, 11) is -4.38. The van der Waals surface area contributed by atoms with Crippen molar-refractivity contribution in [2.75, 3.05) is 33.0 Å². The SMILES string of the molecule is C=CC(=O)OCC(O)COCCC[Si]1(C)OCCCC[Si](C)(CCCNC(=O)F)O1. The maximum Gasteiger partial charge on any atom is 0.397 e. The highest BCUT2D eigenvalue weighted by Crippen LogP contribution is 2.31. The Bertz CT molecular complexity index is 557. The van der Waals surface area contributed by atoms with Gasteiger partial charge in [-0.1, -0.05) is 13.0 Å². The number of aliphatic hydroxyl groups excluding tert-OH is 1. The first-order valence-corrected chi connectivity index (χ1v) is 15.9. The average Bonchev–Trinajstić information content (AvgIpc) is 2.67. The summed E-state index contributed by atoms with van der Waals surface area (Å²) < 4.78 is 35.4. The van der Waals surface area contributed by atoms with Gasteiger partial charge in [-0.15, -0.1) is 4.39 Å². The van der Waals surface area contributed by atoms with E-state index in [4.69, 9.17) is 18.0 Å². The second-order valence-corrected chi connectivity index (χ2v) is 15.7. The number of aliphatic hydroxyl groups is 1. The first-order valence-electron chi connectivity index (χ1n) is 10.5. The minimum atomic E-state index is -2.37. The Hall–Kier alpha value is -1.12. The molecule has 8 nitrogen and oxygen atoms in total. The van der Waals surface area contributed by atoms with Gasteiger partial charge in [0.25, 0.3) is 0 Å². The molecule has 0 saturated carbocycles. The molecule has 1 saturated heterocycles. The molecule has 1 aliphatic heterocycles. The van der Waals surface area contributed by atoms with Crippen molar-refractivity contribution in [1.29, 1.82) is 0 Å². The molecule has 1 heterocycles. The topological polar surface area (TPSA) is 103 Å². The standard InChI is InChI=1S/C19H36FNO7Si2/c1-4-18(23)26-16-17(22)15-25-10-8-14-30(3)27-11-5-6-12-29(2,28-30)13-7-9-21-19(20)24/h4,17,22H,1,5-16H2,2-3H3,(H,21,24). The van der Waals surface area contributed by atoms with E-state index in [1.165, 1.54) is 0 Å². The second kappa shape index (κ2) is 14.0. The molecule has 0 aromatic heterocycles. The van der Waals surface area contributed by atoms with Crippen LogP contribution in [0.25, 0.3) is 0 Å². The molecule has 1 aliphatic rings. The lowest BCUT2D eigenvalue weighted by atomic mass is 10.4. The predicted molar refractivity (Wildman–Crippen MR) is 116 cm³/mol. The predicted octanol–water partition coefficient (Wildman–Crippen LogP) is 3.03. The molecule has 0 bridgehead atoms. The first kappa shape index (κ1) is 26.9. The largest absolute Gasteiger partial charge is 0.460 e. The summed E-state index contributed by atoms with van der Waals surface area (Å²) in [5.74, 6) is -0.578. The quantitative estimate of drug-likeness (QED) is 0.108. The Morgan fingerprint density at radius 1 is 1.27 bits per heavy atom. The van der Waals surface area contributed by atoms with E-state index in [1.807, 2.05) is 0 Å². The molecule has 1 amide bonds. The van der Waals surface area contributed by atoms with Gasteiger partial charge >= 0.3 is 20.7 Å². The Labute approximate surface area is 180 Å². The number of carbonyl (C=O) groups is 2. The fourth-order valence-corrected chi connectivity index (χ4v) is 12.7. The van der Waals surface area contributed by atoms with Crippen molar-refractivity contribution in [3.8, 4) is 0 Å². The molecule has 174 valence electrons. The van der Waals surface area contributed by atoms with Gasteiger partial charge in [0.15, 0.2) is 8.32 Å². The van der Waals surface area contributed by atoms with Gasteiger partial charge in [-0.3, -0.25) is 0 Å². The fraction of sp³-hybridized carbons (Fsp3) is 0.789. The second-order valence-electron chi connectivity index (χ2n) is 7.96. The van der Waals surface area contributed by atoms with Gasteiger partial charge in [0.05, 0.1) is 6.61 Å². The van der Waals surface area contributed by atoms with Gasteiger partial charge in [0.1, 0.15) is 12.7 Å². The number of hydrogen-bond donors (Lipinski definition) is 2. The van der Waals surface area contributed by atoms with Crippen molar-refractivity contribution in [3.63, 3.8) is 0 Å². The van der Waals surface area contributed by atoms with Crippen LogP contribution in [0.4, 0.5) is 9.18 Å². The Morgan fingerprint density at radius 2 is 2.03 bits per heavy atom. The lowest BCUT2D eigenvalue weighted by Crippen LogP contribution is -2.51. The van der Waals surface area contributed by atoms with Gasteiger partial charge in [-0.25, -0.2) is 9.59 Å². The van der Waals surface area contributed by atoms with Crippen LogP contribution in [-0.2, 0) is 22.8 Å². The molecule has 0 aromatic carbocycles. The van der Waals surface area contributed by atoms with Crippen molar-refractivity contribution >= 4 is 29.0 Å². The highest BCUT2D eigenvalue weighted by atomic mass is 28.4. The molecular formula is C19H36FNO7Si2. The summed E-state index contributed by atoms with van der Waals surface area (Å²) in [4.78, 5) is 21.4. The normalized spacial score (nSPS) is 25.6. The van der Waals surface area contributed by atoms with Crippen molar-refractivity contribution in [3.05, 3.63) is 12.7 Å². The number of hydrogen-bond acceptors (Lipinski definition) is 7. The van der Waals surface area contributed by atoms with Crippen molar-refractivity contribution < 1.29 is 37.1 Å². The maximum atomic E-state index is 12.3. The Morgan fingerprint density at radius 3 is 2.73 bits per heavy atom. The van der Waals surface area contributed by atoms with Crippen molar-refractivity contribution in [1.82, 2.24) is 5.32 Å². The lowest BCUT2D eigenvalue weighted by molar-refractivity contribution is -0.141. The fourth-order valence-electron chi connectivity index (χ4n) is 3.44. The molecule has 3 unspecified atom stereocenters. The van der Waals surface area contributed by atoms with Gasteiger partial charge in [-0.2, -0.15) is 0 Å². The Balaban J connectivity index is 2.39. The number of rotatable bonds is 13. The highest BCUT2D eigenvalue weighted by Gasteiger charge is 2.41. The van der Waals surface area contributed by atoms with Crippen LogP contribution in [0, 0.1) is 0 Å². The molecular weight excluding hydrogens is 429 g/mol. The summed E-state index contributed by atoms with van der Waals surface area (Å²) in [5.41, 5.74) is 0. The monoisotopic (exact) mass is 465 g/mol. The van der Waals surface area contributed by atoms with Crippen LogP contribution >= 0.6 is 0 Å². The zero-order valence-corrected chi connectivity index (χ0v) is 20.1. The first-order chi connectivity index (χ1) is 14.2. The van der Waals surface area contributed by atoms with E-state index >= 15 is 0 Å². The van der Waals surface area contributed by atoms with E-state index in [1.54, 1.807) is 0 Å². The van der Waals surface area contributed by atoms with Gasteiger partial charge in [0.2, 0.25) is 0 Å². The third-order valence-corrected chi connectivity index (χ3v) is 13.5. The summed E-state index contributed by atoms with van der Waals surface area (Å²) in [6.07, 6.45) is 2.16. The molecule has 0 radical (unpaired) electrons. The minimum absolute atomic E-state index is 0.0805. The smallest absolute Gasteiger partial charge is 0.397 e. The van der Waals surface area contributed by atoms with Crippen LogP contribution in [0.2, 0.25) is 31.2 Å². The molecule has 0 aromatic rings. The van der Waals surface area contributed by atoms with E-state index in [0.717, 1.165) is 43.5 Å². The van der Waals surface area contributed by atoms with E-state index in [-0.39, 0.29) is 13.2 Å². The summed E-state index contributed by atoms with van der Waals surface area (Å²) in [5, 5.41) is 11.9. The highest BCUT2D eigenvalue weighted by molar-refractivity contribution is 6.83. The maximum absolute atomic E-state index is 12.3. The summed E-state index contributed by atoms with van der Waals surface area (Å²) >= 11 is 0. The molecule has 1 rings (SSSR count). The zero-order valence-electron chi connectivity index (χ0n) is 18.1. The molecule has 11 heteroatoms. The molecule has 3 atom stereocenters. The molecule has 0 aliphatic carbocycles. The third kappa shape index (κ3) is 11.9. The van der Waals surface area contributed by atoms with E-state index in [2.05, 4.69) is 25.0 Å². The molecule has 0 spiro atoms. The average molecular weight is 466 g/mol. The van der Waals surface area contributed by atoms with Crippen LogP contribution in [-0.4, -0.2) is 73.2 Å². The van der Waals surface area contributed by atoms with Crippen LogP contribution in [0.5, 0.6) is 0 Å².